The minimum Gasteiger partial charge on any atom is -0.361 e. The van der Waals surface area contributed by atoms with Crippen molar-refractivity contribution < 1.29 is 14.9 Å². The fourth-order valence-electron chi connectivity index (χ4n) is 3.28. The Balaban J connectivity index is 1.98. The number of hydrogen-bond donors (Lipinski definition) is 2. The molecule has 0 saturated heterocycles. The molecule has 2 aliphatic rings. The van der Waals surface area contributed by atoms with E-state index in [4.69, 9.17) is 4.74 Å². The second-order valence-corrected chi connectivity index (χ2v) is 5.34. The first-order valence-corrected chi connectivity index (χ1v) is 6.42. The zero-order chi connectivity index (χ0) is 13.1. The zero-order valence-corrected chi connectivity index (χ0v) is 10.3. The summed E-state index contributed by atoms with van der Waals surface area (Å²) in [5.41, 5.74) is 3.39. The van der Waals surface area contributed by atoms with Gasteiger partial charge in [-0.25, -0.2) is 0 Å². The number of rotatable bonds is 0. The molecule has 3 nitrogen and oxygen atoms in total. The fraction of sp³-hybridized carbons (Fsp3) is 0.250. The number of aliphatic hydroxyl groups is 2. The molecule has 2 aromatic carbocycles. The fourth-order valence-corrected chi connectivity index (χ4v) is 3.28. The molecule has 0 spiro atoms. The minimum absolute atomic E-state index is 0.364. The van der Waals surface area contributed by atoms with E-state index in [-0.39, 0.29) is 0 Å². The van der Waals surface area contributed by atoms with E-state index in [0.717, 1.165) is 22.3 Å². The van der Waals surface area contributed by atoms with Gasteiger partial charge in [0, 0.05) is 24.0 Å². The summed E-state index contributed by atoms with van der Waals surface area (Å²) >= 11 is 0. The van der Waals surface area contributed by atoms with Gasteiger partial charge in [0.05, 0.1) is 0 Å². The summed E-state index contributed by atoms with van der Waals surface area (Å²) in [6.07, 6.45) is 0.727. The molecule has 0 aromatic heterocycles. The molecule has 4 rings (SSSR count). The number of benzene rings is 2. The highest BCUT2D eigenvalue weighted by atomic mass is 16.7. The summed E-state index contributed by atoms with van der Waals surface area (Å²) in [7, 11) is 0. The Bertz CT molecular complexity index is 609. The summed E-state index contributed by atoms with van der Waals surface area (Å²) < 4.78 is 5.66. The molecule has 2 N–H and O–H groups in total. The number of ether oxygens (including phenoxy) is 1. The maximum atomic E-state index is 10.8. The average Bonchev–Trinajstić information content (AvgIpc) is 2.38. The van der Waals surface area contributed by atoms with Crippen molar-refractivity contribution >= 4 is 0 Å². The van der Waals surface area contributed by atoms with Gasteiger partial charge in [-0.15, -0.1) is 0 Å². The summed E-state index contributed by atoms with van der Waals surface area (Å²) in [4.78, 5) is 0. The van der Waals surface area contributed by atoms with Crippen molar-refractivity contribution in [3.05, 3.63) is 70.8 Å². The molecule has 3 heteroatoms. The predicted octanol–water partition coefficient (Wildman–Crippen LogP) is 1.81. The normalized spacial score (nSPS) is 31.5. The van der Waals surface area contributed by atoms with Crippen LogP contribution in [0.15, 0.2) is 48.5 Å². The molecule has 2 heterocycles. The van der Waals surface area contributed by atoms with Crippen molar-refractivity contribution in [1.82, 2.24) is 0 Å². The molecule has 19 heavy (non-hydrogen) atoms. The second-order valence-electron chi connectivity index (χ2n) is 5.34. The Hall–Kier alpha value is -1.68. The quantitative estimate of drug-likeness (QED) is 0.753. The molecule has 0 fully saturated rings. The summed E-state index contributed by atoms with van der Waals surface area (Å²) in [6.45, 7) is 0. The molecular formula is C16H14O3. The highest BCUT2D eigenvalue weighted by molar-refractivity contribution is 5.43. The van der Waals surface area contributed by atoms with Gasteiger partial charge >= 0.3 is 0 Å². The minimum atomic E-state index is -1.43. The van der Waals surface area contributed by atoms with E-state index in [1.165, 1.54) is 0 Å². The van der Waals surface area contributed by atoms with E-state index in [0.29, 0.717) is 12.8 Å². The molecular weight excluding hydrogens is 240 g/mol. The molecule has 2 aliphatic heterocycles. The van der Waals surface area contributed by atoms with Crippen molar-refractivity contribution in [2.24, 2.45) is 0 Å². The first kappa shape index (κ1) is 11.2. The molecule has 0 saturated carbocycles. The van der Waals surface area contributed by atoms with Gasteiger partial charge in [-0.1, -0.05) is 48.5 Å². The maximum absolute atomic E-state index is 10.8. The molecule has 2 bridgehead atoms. The zero-order valence-electron chi connectivity index (χ0n) is 10.3. The van der Waals surface area contributed by atoms with Crippen LogP contribution in [0.2, 0.25) is 0 Å². The Morgan fingerprint density at radius 1 is 0.737 bits per heavy atom. The van der Waals surface area contributed by atoms with E-state index in [1.807, 2.05) is 48.5 Å². The number of fused-ring (bicyclic) bond motifs is 6. The summed E-state index contributed by atoms with van der Waals surface area (Å²) in [5.74, 6) is -2.87. The van der Waals surface area contributed by atoms with Crippen LogP contribution in [-0.2, 0) is 29.2 Å². The van der Waals surface area contributed by atoms with Crippen molar-refractivity contribution in [1.29, 1.82) is 0 Å². The smallest absolute Gasteiger partial charge is 0.200 e. The van der Waals surface area contributed by atoms with Crippen LogP contribution in [0.4, 0.5) is 0 Å². The monoisotopic (exact) mass is 254 g/mol. The van der Waals surface area contributed by atoms with Crippen molar-refractivity contribution in [3.63, 3.8) is 0 Å². The van der Waals surface area contributed by atoms with Crippen LogP contribution in [0.1, 0.15) is 22.3 Å². The largest absolute Gasteiger partial charge is 0.361 e. The highest BCUT2D eigenvalue weighted by Gasteiger charge is 2.52. The third-order valence-electron chi connectivity index (χ3n) is 4.07. The van der Waals surface area contributed by atoms with E-state index < -0.39 is 11.6 Å². The lowest BCUT2D eigenvalue weighted by molar-refractivity contribution is -0.365. The molecule has 0 aliphatic carbocycles. The number of hydrogen-bond acceptors (Lipinski definition) is 3. The van der Waals surface area contributed by atoms with Gasteiger partial charge in [0.1, 0.15) is 0 Å². The summed E-state index contributed by atoms with van der Waals surface area (Å²) in [6, 6.07) is 15.2. The van der Waals surface area contributed by atoms with Gasteiger partial charge < -0.3 is 14.9 Å². The Morgan fingerprint density at radius 2 is 1.16 bits per heavy atom. The lowest BCUT2D eigenvalue weighted by atomic mass is 9.78. The Kier molecular flexibility index (Phi) is 2.03. The lowest BCUT2D eigenvalue weighted by Crippen LogP contribution is -2.52. The molecule has 2 aromatic rings. The molecule has 96 valence electrons. The van der Waals surface area contributed by atoms with Gasteiger partial charge in [0.25, 0.3) is 0 Å². The third-order valence-corrected chi connectivity index (χ3v) is 4.07. The average molecular weight is 254 g/mol. The van der Waals surface area contributed by atoms with Crippen LogP contribution in [0.25, 0.3) is 0 Å². The van der Waals surface area contributed by atoms with Gasteiger partial charge in [0.15, 0.2) is 11.6 Å². The molecule has 0 radical (unpaired) electrons. The van der Waals surface area contributed by atoms with E-state index >= 15 is 0 Å². The van der Waals surface area contributed by atoms with E-state index in [2.05, 4.69) is 0 Å². The van der Waals surface area contributed by atoms with Crippen LogP contribution in [0.5, 0.6) is 0 Å². The van der Waals surface area contributed by atoms with Crippen molar-refractivity contribution in [2.75, 3.05) is 0 Å². The van der Waals surface area contributed by atoms with Crippen LogP contribution >= 0.6 is 0 Å². The second kappa shape index (κ2) is 3.45. The van der Waals surface area contributed by atoms with Crippen molar-refractivity contribution in [2.45, 2.75) is 24.4 Å². The first-order chi connectivity index (χ1) is 9.11. The molecule has 0 unspecified atom stereocenters. The SMILES string of the molecule is O[C@]12Cc3ccccc3[C@](O)(Cc3ccccc31)O2. The highest BCUT2D eigenvalue weighted by Crippen LogP contribution is 2.49. The Morgan fingerprint density at radius 3 is 1.63 bits per heavy atom. The van der Waals surface area contributed by atoms with Gasteiger partial charge in [-0.3, -0.25) is 0 Å². The topological polar surface area (TPSA) is 49.7 Å². The summed E-state index contributed by atoms with van der Waals surface area (Å²) in [5, 5.41) is 21.6. The van der Waals surface area contributed by atoms with Crippen LogP contribution in [0.3, 0.4) is 0 Å². The van der Waals surface area contributed by atoms with Crippen LogP contribution in [-0.4, -0.2) is 10.2 Å². The van der Waals surface area contributed by atoms with Crippen LogP contribution in [0, 0.1) is 0 Å². The van der Waals surface area contributed by atoms with Gasteiger partial charge in [-0.2, -0.15) is 0 Å². The molecule has 0 amide bonds. The molecule has 2 atom stereocenters. The standard InChI is InChI=1S/C16H14O3/c17-15-9-11-5-1-3-7-13(11)16(18,19-15)10-12-6-2-4-8-14(12)15/h1-8,17-18H,9-10H2/t15-,16-/m0/s1. The van der Waals surface area contributed by atoms with Gasteiger partial charge in [0.2, 0.25) is 0 Å². The van der Waals surface area contributed by atoms with E-state index in [1.54, 1.807) is 0 Å². The van der Waals surface area contributed by atoms with E-state index in [9.17, 15) is 10.2 Å². The maximum Gasteiger partial charge on any atom is 0.200 e. The van der Waals surface area contributed by atoms with Gasteiger partial charge in [-0.05, 0) is 11.1 Å². The third kappa shape index (κ3) is 1.43. The first-order valence-electron chi connectivity index (χ1n) is 6.42. The predicted molar refractivity (Wildman–Crippen MR) is 69.2 cm³/mol. The lowest BCUT2D eigenvalue weighted by Gasteiger charge is -2.48. The van der Waals surface area contributed by atoms with Crippen molar-refractivity contribution in [3.8, 4) is 0 Å². The Labute approximate surface area is 111 Å². The van der Waals surface area contributed by atoms with Crippen LogP contribution < -0.4 is 0 Å².